The number of carbonyl (C=O) groups excluding carboxylic acids is 3. The van der Waals surface area contributed by atoms with Gasteiger partial charge in [0.1, 0.15) is 22.7 Å². The van der Waals surface area contributed by atoms with E-state index in [1.54, 1.807) is 44.4 Å². The number of anilines is 1. The van der Waals surface area contributed by atoms with Crippen LogP contribution in [0.5, 0.6) is 5.75 Å². The average Bonchev–Trinajstić information content (AvgIpc) is 3.31. The molecule has 0 bridgehead atoms. The molecule has 2 heterocycles. The molecular formula is C31H27N3O7. The first-order valence-corrected chi connectivity index (χ1v) is 12.7. The van der Waals surface area contributed by atoms with Crippen LogP contribution in [-0.2, 0) is 16.0 Å². The highest BCUT2D eigenvalue weighted by Crippen LogP contribution is 2.40. The smallest absolute Gasteiger partial charge is 0.336 e. The molecule has 0 aliphatic carbocycles. The van der Waals surface area contributed by atoms with Crippen LogP contribution >= 0.6 is 0 Å². The van der Waals surface area contributed by atoms with Gasteiger partial charge in [-0.2, -0.15) is 0 Å². The van der Waals surface area contributed by atoms with E-state index in [-0.39, 0.29) is 13.0 Å². The lowest BCUT2D eigenvalue weighted by Crippen LogP contribution is -2.33. The van der Waals surface area contributed by atoms with E-state index in [1.807, 2.05) is 19.1 Å². The number of carbonyl (C=O) groups is 3. The second-order valence-electron chi connectivity index (χ2n) is 9.60. The van der Waals surface area contributed by atoms with Crippen molar-refractivity contribution in [3.63, 3.8) is 0 Å². The summed E-state index contributed by atoms with van der Waals surface area (Å²) in [5.41, 5.74) is 9.28. The van der Waals surface area contributed by atoms with Crippen LogP contribution in [0.2, 0.25) is 0 Å². The van der Waals surface area contributed by atoms with Crippen molar-refractivity contribution in [3.05, 3.63) is 93.3 Å². The minimum atomic E-state index is -0.570. The summed E-state index contributed by atoms with van der Waals surface area (Å²) in [5.74, 6) is -0.251. The molecule has 10 heteroatoms. The van der Waals surface area contributed by atoms with Crippen molar-refractivity contribution in [2.75, 3.05) is 19.0 Å². The number of methoxy groups -OCH3 is 1. The maximum Gasteiger partial charge on any atom is 0.336 e. The lowest BCUT2D eigenvalue weighted by molar-refractivity contribution is -0.123. The molecule has 5 aromatic rings. The van der Waals surface area contributed by atoms with Gasteiger partial charge in [-0.25, -0.2) is 4.79 Å². The first-order valence-electron chi connectivity index (χ1n) is 12.7. The fourth-order valence-corrected chi connectivity index (χ4v) is 4.82. The summed E-state index contributed by atoms with van der Waals surface area (Å²) >= 11 is 0. The number of rotatable bonds is 8. The Balaban J connectivity index is 1.46. The molecule has 0 atom stereocenters. The SMILES string of the molecule is COc1ccc(-c2oc3c(c(C)cc4oc(=O)cc(C)c43)c2CC(=O)NCC(=O)Nc2ccc(C(N)=O)cc2)cc1. The number of nitrogens with two attached hydrogens (primary N) is 1. The number of fused-ring (bicyclic) bond motifs is 3. The Morgan fingerprint density at radius 1 is 0.878 bits per heavy atom. The van der Waals surface area contributed by atoms with Crippen molar-refractivity contribution >= 4 is 45.3 Å². The van der Waals surface area contributed by atoms with Crippen LogP contribution in [0.4, 0.5) is 5.69 Å². The molecule has 10 nitrogen and oxygen atoms in total. The van der Waals surface area contributed by atoms with Crippen molar-refractivity contribution < 1.29 is 28.0 Å². The van der Waals surface area contributed by atoms with Crippen molar-refractivity contribution in [3.8, 4) is 17.1 Å². The molecule has 0 aliphatic heterocycles. The predicted octanol–water partition coefficient (Wildman–Crippen LogP) is 4.23. The van der Waals surface area contributed by atoms with E-state index in [9.17, 15) is 19.2 Å². The Morgan fingerprint density at radius 3 is 2.22 bits per heavy atom. The summed E-state index contributed by atoms with van der Waals surface area (Å²) in [5, 5.41) is 6.71. The summed E-state index contributed by atoms with van der Waals surface area (Å²) in [6.45, 7) is 3.39. The number of benzene rings is 3. The number of nitrogens with one attached hydrogen (secondary N) is 2. The van der Waals surface area contributed by atoms with Gasteiger partial charge in [0.2, 0.25) is 17.7 Å². The lowest BCUT2D eigenvalue weighted by atomic mass is 9.97. The normalized spacial score (nSPS) is 11.0. The molecular weight excluding hydrogens is 526 g/mol. The highest BCUT2D eigenvalue weighted by Gasteiger charge is 2.24. The number of amides is 3. The van der Waals surface area contributed by atoms with Gasteiger partial charge in [-0.3, -0.25) is 14.4 Å². The summed E-state index contributed by atoms with van der Waals surface area (Å²) in [7, 11) is 1.57. The van der Waals surface area contributed by atoms with E-state index in [4.69, 9.17) is 19.3 Å². The summed E-state index contributed by atoms with van der Waals surface area (Å²) < 4.78 is 17.1. The van der Waals surface area contributed by atoms with E-state index in [0.29, 0.717) is 50.4 Å². The third kappa shape index (κ3) is 5.53. The summed E-state index contributed by atoms with van der Waals surface area (Å²) in [6, 6.07) is 16.5. The quantitative estimate of drug-likeness (QED) is 0.243. The fraction of sp³-hybridized carbons (Fsp3) is 0.161. The van der Waals surface area contributed by atoms with Gasteiger partial charge in [0, 0.05) is 33.8 Å². The molecule has 5 rings (SSSR count). The van der Waals surface area contributed by atoms with Crippen LogP contribution in [0.15, 0.2) is 74.3 Å². The maximum atomic E-state index is 13.1. The monoisotopic (exact) mass is 553 g/mol. The van der Waals surface area contributed by atoms with Gasteiger partial charge in [0.05, 0.1) is 25.5 Å². The van der Waals surface area contributed by atoms with E-state index in [2.05, 4.69) is 10.6 Å². The van der Waals surface area contributed by atoms with Crippen LogP contribution in [0.1, 0.15) is 27.0 Å². The molecule has 0 aliphatic rings. The maximum absolute atomic E-state index is 13.1. The van der Waals surface area contributed by atoms with Gasteiger partial charge < -0.3 is 29.9 Å². The molecule has 0 fully saturated rings. The summed E-state index contributed by atoms with van der Waals surface area (Å²) in [4.78, 5) is 48.9. The lowest BCUT2D eigenvalue weighted by Gasteiger charge is -2.09. The zero-order chi connectivity index (χ0) is 29.3. The average molecular weight is 554 g/mol. The third-order valence-electron chi connectivity index (χ3n) is 6.75. The van der Waals surface area contributed by atoms with Gasteiger partial charge in [-0.05, 0) is 79.6 Å². The Kier molecular flexibility index (Phi) is 7.30. The number of ether oxygens (including phenoxy) is 1. The van der Waals surface area contributed by atoms with Crippen LogP contribution < -0.4 is 26.7 Å². The van der Waals surface area contributed by atoms with Gasteiger partial charge in [0.15, 0.2) is 0 Å². The molecule has 3 amide bonds. The second-order valence-corrected chi connectivity index (χ2v) is 9.60. The predicted molar refractivity (Wildman–Crippen MR) is 154 cm³/mol. The van der Waals surface area contributed by atoms with E-state index in [0.717, 1.165) is 16.5 Å². The Bertz CT molecular complexity index is 1870. The third-order valence-corrected chi connectivity index (χ3v) is 6.75. The Hall–Kier alpha value is -5.38. The fourth-order valence-electron chi connectivity index (χ4n) is 4.82. The molecule has 0 unspecified atom stereocenters. The number of hydrogen-bond donors (Lipinski definition) is 3. The zero-order valence-corrected chi connectivity index (χ0v) is 22.6. The number of hydrogen-bond acceptors (Lipinski definition) is 7. The van der Waals surface area contributed by atoms with E-state index < -0.39 is 23.3 Å². The largest absolute Gasteiger partial charge is 0.497 e. The molecule has 2 aromatic heterocycles. The minimum absolute atomic E-state index is 0.0723. The second kappa shape index (κ2) is 11.0. The van der Waals surface area contributed by atoms with Crippen molar-refractivity contribution in [2.45, 2.75) is 20.3 Å². The molecule has 0 radical (unpaired) electrons. The number of aryl methyl sites for hydroxylation is 2. The first kappa shape index (κ1) is 27.2. The topological polar surface area (TPSA) is 154 Å². The highest BCUT2D eigenvalue weighted by molar-refractivity contribution is 6.09. The Labute approximate surface area is 234 Å². The molecule has 0 saturated carbocycles. The first-order chi connectivity index (χ1) is 19.6. The van der Waals surface area contributed by atoms with Gasteiger partial charge in [0.25, 0.3) is 0 Å². The minimum Gasteiger partial charge on any atom is -0.497 e. The zero-order valence-electron chi connectivity index (χ0n) is 22.6. The molecule has 0 spiro atoms. The van der Waals surface area contributed by atoms with Crippen LogP contribution in [0.3, 0.4) is 0 Å². The molecule has 4 N–H and O–H groups in total. The van der Waals surface area contributed by atoms with Gasteiger partial charge in [-0.15, -0.1) is 0 Å². The van der Waals surface area contributed by atoms with Crippen molar-refractivity contribution in [1.82, 2.24) is 5.32 Å². The Morgan fingerprint density at radius 2 is 1.56 bits per heavy atom. The van der Waals surface area contributed by atoms with Gasteiger partial charge in [-0.1, -0.05) is 0 Å². The molecule has 0 saturated heterocycles. The standard InChI is InChI=1S/C31H27N3O7/c1-16-12-23-28(17(2)13-26(37)40-23)30-27(16)22(29(41-30)18-6-10-21(39-3)11-7-18)14-24(35)33-15-25(36)34-20-8-4-19(5-9-20)31(32)38/h4-13H,14-15H2,1-3H3,(H2,32,38)(H,33,35)(H,34,36). The van der Waals surface area contributed by atoms with Crippen LogP contribution in [-0.4, -0.2) is 31.4 Å². The number of furan rings is 1. The molecule has 3 aromatic carbocycles. The van der Waals surface area contributed by atoms with Crippen LogP contribution in [0.25, 0.3) is 33.3 Å². The number of primary amides is 1. The van der Waals surface area contributed by atoms with Crippen molar-refractivity contribution in [1.29, 1.82) is 0 Å². The van der Waals surface area contributed by atoms with E-state index in [1.165, 1.54) is 18.2 Å². The van der Waals surface area contributed by atoms with Gasteiger partial charge >= 0.3 is 5.63 Å². The highest BCUT2D eigenvalue weighted by atomic mass is 16.5. The van der Waals surface area contributed by atoms with E-state index >= 15 is 0 Å². The molecule has 208 valence electrons. The molecule has 41 heavy (non-hydrogen) atoms. The van der Waals surface area contributed by atoms with Crippen LogP contribution in [0, 0.1) is 13.8 Å². The van der Waals surface area contributed by atoms with Crippen molar-refractivity contribution in [2.24, 2.45) is 5.73 Å². The summed E-state index contributed by atoms with van der Waals surface area (Å²) in [6.07, 6.45) is -0.0723.